The zero-order chi connectivity index (χ0) is 11.5. The first kappa shape index (κ1) is 10.8. The Morgan fingerprint density at radius 1 is 1.56 bits per heavy atom. The average Bonchev–Trinajstić information content (AvgIpc) is 2.65. The third-order valence-corrected chi connectivity index (χ3v) is 2.68. The van der Waals surface area contributed by atoms with Crippen LogP contribution >= 0.6 is 15.9 Å². The summed E-state index contributed by atoms with van der Waals surface area (Å²) in [4.78, 5) is 15.8. The summed E-state index contributed by atoms with van der Waals surface area (Å²) < 4.78 is 0.657. The van der Waals surface area contributed by atoms with E-state index in [4.69, 9.17) is 0 Å². The number of carbonyl (C=O) groups is 1. The molecule has 0 radical (unpaired) electrons. The molecule has 0 fully saturated rings. The Bertz CT molecular complexity index is 523. The Balaban J connectivity index is 2.22. The van der Waals surface area contributed by atoms with Crippen LogP contribution in [0.25, 0.3) is 0 Å². The normalized spacial score (nSPS) is 10.1. The summed E-state index contributed by atoms with van der Waals surface area (Å²) in [5, 5.41) is 9.22. The van der Waals surface area contributed by atoms with Gasteiger partial charge >= 0.3 is 0 Å². The molecule has 0 aliphatic heterocycles. The van der Waals surface area contributed by atoms with Crippen LogP contribution in [0.4, 0.5) is 5.82 Å². The number of pyridine rings is 1. The van der Waals surface area contributed by atoms with Crippen LogP contribution in [0.15, 0.2) is 29.0 Å². The molecule has 1 amide bonds. The Hall–Kier alpha value is -1.69. The molecule has 2 N–H and O–H groups in total. The van der Waals surface area contributed by atoms with Gasteiger partial charge in [0, 0.05) is 16.2 Å². The Labute approximate surface area is 100 Å². The van der Waals surface area contributed by atoms with E-state index in [0.717, 1.165) is 5.56 Å². The number of amides is 1. The number of aryl methyl sites for hydroxylation is 1. The molecule has 2 heterocycles. The van der Waals surface area contributed by atoms with Crippen molar-refractivity contribution >= 4 is 27.7 Å². The number of carbonyl (C=O) groups excluding carboxylic acids is 1. The second-order valence-electron chi connectivity index (χ2n) is 3.22. The van der Waals surface area contributed by atoms with E-state index < -0.39 is 0 Å². The minimum absolute atomic E-state index is 0.278. The molecule has 0 aliphatic carbocycles. The molecule has 2 aromatic rings. The number of nitrogens with one attached hydrogen (secondary N) is 2. The minimum Gasteiger partial charge on any atom is -0.305 e. The van der Waals surface area contributed by atoms with Crippen molar-refractivity contribution < 1.29 is 4.79 Å². The maximum absolute atomic E-state index is 11.8. The number of H-pyrrole nitrogens is 1. The van der Waals surface area contributed by atoms with Crippen LogP contribution in [0, 0.1) is 6.92 Å². The lowest BCUT2D eigenvalue weighted by molar-refractivity contribution is 0.102. The van der Waals surface area contributed by atoms with Crippen LogP contribution in [0.2, 0.25) is 0 Å². The molecule has 0 saturated carbocycles. The summed E-state index contributed by atoms with van der Waals surface area (Å²) >= 11 is 3.27. The van der Waals surface area contributed by atoms with Gasteiger partial charge in [0.1, 0.15) is 11.5 Å². The largest absolute Gasteiger partial charge is 0.305 e. The quantitative estimate of drug-likeness (QED) is 0.885. The molecule has 5 nitrogen and oxygen atoms in total. The van der Waals surface area contributed by atoms with Gasteiger partial charge in [-0.05, 0) is 35.0 Å². The summed E-state index contributed by atoms with van der Waals surface area (Å²) in [6, 6.07) is 3.52. The molecular formula is C10H9BrN4O. The van der Waals surface area contributed by atoms with Gasteiger partial charge < -0.3 is 5.32 Å². The smallest absolute Gasteiger partial charge is 0.276 e. The third kappa shape index (κ3) is 2.11. The molecule has 0 unspecified atom stereocenters. The molecule has 0 aromatic carbocycles. The maximum atomic E-state index is 11.8. The van der Waals surface area contributed by atoms with Gasteiger partial charge in [0.2, 0.25) is 0 Å². The van der Waals surface area contributed by atoms with Crippen LogP contribution in [-0.2, 0) is 0 Å². The van der Waals surface area contributed by atoms with Crippen LogP contribution in [0.5, 0.6) is 0 Å². The van der Waals surface area contributed by atoms with E-state index in [2.05, 4.69) is 36.4 Å². The van der Waals surface area contributed by atoms with Crippen molar-refractivity contribution in [1.29, 1.82) is 0 Å². The van der Waals surface area contributed by atoms with Crippen molar-refractivity contribution in [1.82, 2.24) is 15.2 Å². The minimum atomic E-state index is -0.278. The molecule has 0 atom stereocenters. The highest BCUT2D eigenvalue weighted by atomic mass is 79.9. The van der Waals surface area contributed by atoms with Crippen molar-refractivity contribution in [2.24, 2.45) is 0 Å². The number of hydrogen-bond donors (Lipinski definition) is 2. The monoisotopic (exact) mass is 280 g/mol. The molecule has 6 heteroatoms. The predicted octanol–water partition coefficient (Wildman–Crippen LogP) is 2.13. The predicted molar refractivity (Wildman–Crippen MR) is 63.2 cm³/mol. The fourth-order valence-electron chi connectivity index (χ4n) is 1.20. The second kappa shape index (κ2) is 4.44. The van der Waals surface area contributed by atoms with E-state index in [9.17, 15) is 4.79 Å². The molecular weight excluding hydrogens is 272 g/mol. The Kier molecular flexibility index (Phi) is 3.00. The molecule has 2 aromatic heterocycles. The van der Waals surface area contributed by atoms with Gasteiger partial charge in [0.05, 0.1) is 6.20 Å². The van der Waals surface area contributed by atoms with E-state index in [1.54, 1.807) is 24.5 Å². The number of aromatic amines is 1. The topological polar surface area (TPSA) is 70.7 Å². The first-order valence-electron chi connectivity index (χ1n) is 4.60. The Morgan fingerprint density at radius 3 is 3.00 bits per heavy atom. The molecule has 16 heavy (non-hydrogen) atoms. The number of nitrogens with zero attached hydrogens (tertiary/aromatic N) is 2. The summed E-state index contributed by atoms with van der Waals surface area (Å²) in [6.07, 6.45) is 3.21. The van der Waals surface area contributed by atoms with Crippen LogP contribution < -0.4 is 5.32 Å². The first-order valence-corrected chi connectivity index (χ1v) is 5.39. The third-order valence-electron chi connectivity index (χ3n) is 2.04. The van der Waals surface area contributed by atoms with Gasteiger partial charge in [0.15, 0.2) is 0 Å². The van der Waals surface area contributed by atoms with Gasteiger partial charge in [-0.1, -0.05) is 0 Å². The van der Waals surface area contributed by atoms with Crippen LogP contribution in [-0.4, -0.2) is 21.1 Å². The van der Waals surface area contributed by atoms with Crippen molar-refractivity contribution in [3.05, 3.63) is 40.3 Å². The van der Waals surface area contributed by atoms with E-state index in [-0.39, 0.29) is 5.91 Å². The number of anilines is 1. The zero-order valence-corrected chi connectivity index (χ0v) is 10.1. The number of rotatable bonds is 2. The highest BCUT2D eigenvalue weighted by Gasteiger charge is 2.12. The summed E-state index contributed by atoms with van der Waals surface area (Å²) in [7, 11) is 0. The van der Waals surface area contributed by atoms with Gasteiger partial charge in [0.25, 0.3) is 5.91 Å². The lowest BCUT2D eigenvalue weighted by Gasteiger charge is -2.04. The molecule has 0 bridgehead atoms. The summed E-state index contributed by atoms with van der Waals surface area (Å²) in [5.41, 5.74) is 1.22. The van der Waals surface area contributed by atoms with E-state index >= 15 is 0 Å². The SMILES string of the molecule is Cc1cn[nH]c1NC(=O)c1ncccc1Br. The van der Waals surface area contributed by atoms with Crippen molar-refractivity contribution in [2.75, 3.05) is 5.32 Å². The lowest BCUT2D eigenvalue weighted by atomic mass is 10.3. The fourth-order valence-corrected chi connectivity index (χ4v) is 1.63. The van der Waals surface area contributed by atoms with E-state index in [1.807, 2.05) is 6.92 Å². The number of aromatic nitrogens is 3. The Morgan fingerprint density at radius 2 is 2.38 bits per heavy atom. The van der Waals surface area contributed by atoms with Crippen molar-refractivity contribution in [3.63, 3.8) is 0 Å². The first-order chi connectivity index (χ1) is 7.68. The van der Waals surface area contributed by atoms with Gasteiger partial charge in [-0.15, -0.1) is 0 Å². The maximum Gasteiger partial charge on any atom is 0.276 e. The molecule has 0 aliphatic rings. The van der Waals surface area contributed by atoms with Crippen molar-refractivity contribution in [2.45, 2.75) is 6.92 Å². The highest BCUT2D eigenvalue weighted by Crippen LogP contribution is 2.16. The molecule has 2 rings (SSSR count). The average molecular weight is 281 g/mol. The van der Waals surface area contributed by atoms with Gasteiger partial charge in [-0.2, -0.15) is 5.10 Å². The van der Waals surface area contributed by atoms with Crippen LogP contribution in [0.1, 0.15) is 16.1 Å². The van der Waals surface area contributed by atoms with E-state index in [1.165, 1.54) is 0 Å². The molecule has 82 valence electrons. The van der Waals surface area contributed by atoms with E-state index in [0.29, 0.717) is 16.0 Å². The second-order valence-corrected chi connectivity index (χ2v) is 4.07. The van der Waals surface area contributed by atoms with Crippen LogP contribution in [0.3, 0.4) is 0 Å². The summed E-state index contributed by atoms with van der Waals surface area (Å²) in [6.45, 7) is 1.85. The molecule has 0 saturated heterocycles. The fraction of sp³-hybridized carbons (Fsp3) is 0.100. The highest BCUT2D eigenvalue weighted by molar-refractivity contribution is 9.10. The van der Waals surface area contributed by atoms with Gasteiger partial charge in [-0.3, -0.25) is 9.89 Å². The standard InChI is InChI=1S/C10H9BrN4O/c1-6-5-13-15-9(6)14-10(16)8-7(11)3-2-4-12-8/h2-5H,1H3,(H2,13,14,15,16). The lowest BCUT2D eigenvalue weighted by Crippen LogP contribution is -2.15. The number of halogens is 1. The summed E-state index contributed by atoms with van der Waals surface area (Å²) in [5.74, 6) is 0.308. The number of hydrogen-bond acceptors (Lipinski definition) is 3. The molecule has 0 spiro atoms. The van der Waals surface area contributed by atoms with Crippen molar-refractivity contribution in [3.8, 4) is 0 Å². The zero-order valence-electron chi connectivity index (χ0n) is 8.49. The van der Waals surface area contributed by atoms with Gasteiger partial charge in [-0.25, -0.2) is 4.98 Å².